The number of fused-ring (bicyclic) bond motifs is 1. The lowest BCUT2D eigenvalue weighted by atomic mass is 9.87. The summed E-state index contributed by atoms with van der Waals surface area (Å²) in [5.74, 6) is -0.567. The number of nitrogens with zero attached hydrogens (tertiary/aromatic N) is 6. The second-order valence-electron chi connectivity index (χ2n) is 13.9. The number of aromatic nitrogens is 2. The van der Waals surface area contributed by atoms with Gasteiger partial charge in [0.2, 0.25) is 11.8 Å². The third-order valence-electron chi connectivity index (χ3n) is 10.4. The lowest BCUT2D eigenvalue weighted by Crippen LogP contribution is -2.52. The third-order valence-corrected chi connectivity index (χ3v) is 11.1. The number of hydrogen-bond acceptors (Lipinski definition) is 9. The Morgan fingerprint density at radius 2 is 1.76 bits per heavy atom. The van der Waals surface area contributed by atoms with E-state index >= 15 is 0 Å². The summed E-state index contributed by atoms with van der Waals surface area (Å²) in [4.78, 5) is 70.9. The smallest absolute Gasteiger partial charge is 0.282 e. The van der Waals surface area contributed by atoms with Crippen molar-refractivity contribution in [3.63, 3.8) is 0 Å². The van der Waals surface area contributed by atoms with Crippen LogP contribution in [0.25, 0.3) is 0 Å². The molecular formula is C36H41BrN8O5. The van der Waals surface area contributed by atoms with Gasteiger partial charge in [0.05, 0.1) is 11.9 Å². The molecule has 7 rings (SSSR count). The lowest BCUT2D eigenvalue weighted by molar-refractivity contribution is -0.136. The van der Waals surface area contributed by atoms with E-state index in [4.69, 9.17) is 0 Å². The largest absolute Gasteiger partial charge is 0.379 e. The molecule has 4 amide bonds. The first-order valence-electron chi connectivity index (χ1n) is 17.1. The first-order chi connectivity index (χ1) is 24.0. The number of amides is 4. The normalized spacial score (nSPS) is 23.2. The van der Waals surface area contributed by atoms with Crippen molar-refractivity contribution >= 4 is 45.2 Å². The van der Waals surface area contributed by atoms with Gasteiger partial charge in [-0.2, -0.15) is 5.10 Å². The number of anilines is 1. The Balaban J connectivity index is 0.916. The number of halogens is 1. The zero-order chi connectivity index (χ0) is 35.1. The van der Waals surface area contributed by atoms with E-state index in [1.807, 2.05) is 35.2 Å². The zero-order valence-corrected chi connectivity index (χ0v) is 29.8. The number of rotatable bonds is 7. The van der Waals surface area contributed by atoms with E-state index in [9.17, 15) is 24.0 Å². The fraction of sp³-hybridized carbons (Fsp3) is 0.444. The molecule has 5 heterocycles. The topological polar surface area (TPSA) is 140 Å². The van der Waals surface area contributed by atoms with Gasteiger partial charge in [0.25, 0.3) is 17.4 Å². The predicted octanol–water partition coefficient (Wildman–Crippen LogP) is 2.16. The van der Waals surface area contributed by atoms with Crippen molar-refractivity contribution in [3.05, 3.63) is 91.3 Å². The minimum Gasteiger partial charge on any atom is -0.379 e. The Kier molecular flexibility index (Phi) is 9.59. The maximum absolute atomic E-state index is 13.5. The number of hydrogen-bond donors (Lipinski definition) is 2. The number of imide groups is 1. The molecule has 1 aromatic heterocycles. The molecule has 3 aromatic rings. The highest BCUT2D eigenvalue weighted by atomic mass is 79.9. The number of aryl methyl sites for hydroxylation is 1. The van der Waals surface area contributed by atoms with Gasteiger partial charge in [0.15, 0.2) is 0 Å². The van der Waals surface area contributed by atoms with E-state index in [-0.39, 0.29) is 41.7 Å². The van der Waals surface area contributed by atoms with Crippen molar-refractivity contribution < 1.29 is 19.2 Å². The molecule has 2 aromatic carbocycles. The van der Waals surface area contributed by atoms with E-state index in [0.29, 0.717) is 53.9 Å². The van der Waals surface area contributed by atoms with Gasteiger partial charge in [0, 0.05) is 83.0 Å². The van der Waals surface area contributed by atoms with Crippen LogP contribution in [0.4, 0.5) is 5.69 Å². The first kappa shape index (κ1) is 34.1. The van der Waals surface area contributed by atoms with Crippen LogP contribution in [0.3, 0.4) is 0 Å². The molecule has 0 spiro atoms. The molecule has 13 nitrogen and oxygen atoms in total. The number of piperidine rings is 2. The fourth-order valence-electron chi connectivity index (χ4n) is 7.67. The van der Waals surface area contributed by atoms with Crippen LogP contribution in [-0.4, -0.2) is 111 Å². The Bertz CT molecular complexity index is 1890. The molecule has 4 aliphatic rings. The first-order valence-corrected chi connectivity index (χ1v) is 17.9. The monoisotopic (exact) mass is 744 g/mol. The number of carbonyl (C=O) groups is 4. The van der Waals surface area contributed by atoms with Gasteiger partial charge in [-0.25, -0.2) is 4.68 Å². The number of likely N-dealkylation sites (tertiary alicyclic amines) is 1. The van der Waals surface area contributed by atoms with Gasteiger partial charge in [-0.15, -0.1) is 0 Å². The number of piperazine rings is 1. The van der Waals surface area contributed by atoms with Crippen LogP contribution in [0, 0.1) is 0 Å². The van der Waals surface area contributed by atoms with Crippen molar-refractivity contribution in [3.8, 4) is 0 Å². The maximum Gasteiger partial charge on any atom is 0.282 e. The van der Waals surface area contributed by atoms with Gasteiger partial charge >= 0.3 is 0 Å². The molecule has 3 unspecified atom stereocenters. The van der Waals surface area contributed by atoms with Crippen LogP contribution in [-0.2, 0) is 29.7 Å². The molecule has 2 N–H and O–H groups in total. The average molecular weight is 746 g/mol. The Morgan fingerprint density at radius 1 is 1.00 bits per heavy atom. The molecule has 0 saturated carbocycles. The number of benzene rings is 2. The van der Waals surface area contributed by atoms with Crippen molar-refractivity contribution in [1.82, 2.24) is 34.7 Å². The molecule has 0 bridgehead atoms. The molecule has 3 atom stereocenters. The lowest BCUT2D eigenvalue weighted by Gasteiger charge is -2.37. The summed E-state index contributed by atoms with van der Waals surface area (Å²) in [6.07, 6.45) is 3.14. The predicted molar refractivity (Wildman–Crippen MR) is 190 cm³/mol. The summed E-state index contributed by atoms with van der Waals surface area (Å²) >= 11 is 3.42. The summed E-state index contributed by atoms with van der Waals surface area (Å²) in [6, 6.07) is 13.4. The van der Waals surface area contributed by atoms with Gasteiger partial charge in [-0.05, 0) is 76.6 Å². The van der Waals surface area contributed by atoms with Crippen molar-refractivity contribution in [2.45, 2.75) is 50.4 Å². The number of nitrogens with one attached hydrogen (secondary N) is 2. The van der Waals surface area contributed by atoms with Crippen LogP contribution in [0.15, 0.2) is 57.9 Å². The summed E-state index contributed by atoms with van der Waals surface area (Å²) in [6.45, 7) is 5.54. The minimum absolute atomic E-state index is 0.0316. The summed E-state index contributed by atoms with van der Waals surface area (Å²) in [5, 5.41) is 10.0. The molecule has 4 aliphatic heterocycles. The highest BCUT2D eigenvalue weighted by Crippen LogP contribution is 2.31. The standard InChI is InChI=1S/C36H41BrN8O5/c1-41-19-25(16-27(21-41)39-29-17-38-42(2)36(50)32(29)37)23-4-6-24(7-5-23)34(48)44-13-11-43(12-14-44)18-22-3-8-28-26(15-22)20-45(35(28)49)30-9-10-31(46)40-33(30)47/h3-8,15,17,25,27,30,39H,9-14,16,18-21H2,1-2H3,(H,40,46,47). The molecule has 50 heavy (non-hydrogen) atoms. The van der Waals surface area contributed by atoms with Gasteiger partial charge < -0.3 is 20.0 Å². The number of carbonyl (C=O) groups excluding carboxylic acids is 4. The second kappa shape index (κ2) is 14.1. The molecule has 262 valence electrons. The van der Waals surface area contributed by atoms with E-state index < -0.39 is 11.9 Å². The molecule has 14 heteroatoms. The van der Waals surface area contributed by atoms with Crippen molar-refractivity contribution in [2.75, 3.05) is 51.6 Å². The molecular weight excluding hydrogens is 704 g/mol. The summed E-state index contributed by atoms with van der Waals surface area (Å²) < 4.78 is 1.78. The van der Waals surface area contributed by atoms with E-state index in [1.165, 1.54) is 10.2 Å². The average Bonchev–Trinajstić information content (AvgIpc) is 3.43. The molecule has 0 aliphatic carbocycles. The molecule has 3 fully saturated rings. The Morgan fingerprint density at radius 3 is 2.50 bits per heavy atom. The summed E-state index contributed by atoms with van der Waals surface area (Å²) in [7, 11) is 3.72. The van der Waals surface area contributed by atoms with E-state index in [0.717, 1.165) is 43.7 Å². The zero-order valence-electron chi connectivity index (χ0n) is 28.2. The Hall–Kier alpha value is -4.40. The van der Waals surface area contributed by atoms with Crippen LogP contribution >= 0.6 is 15.9 Å². The van der Waals surface area contributed by atoms with Crippen molar-refractivity contribution in [2.24, 2.45) is 7.05 Å². The SMILES string of the molecule is CN1CC(Nc2cnn(C)c(=O)c2Br)CC(c2ccc(C(=O)N3CCN(Cc4ccc5c(c4)CN(C4CCC(=O)NC4=O)C5=O)CC3)cc2)C1. The molecule has 0 radical (unpaired) electrons. The Labute approximate surface area is 298 Å². The quantitative estimate of drug-likeness (QED) is 0.349. The van der Waals surface area contributed by atoms with E-state index in [1.54, 1.807) is 18.1 Å². The minimum atomic E-state index is -0.624. The maximum atomic E-state index is 13.5. The van der Waals surface area contributed by atoms with Crippen LogP contribution in [0.5, 0.6) is 0 Å². The second-order valence-corrected chi connectivity index (χ2v) is 14.7. The van der Waals surface area contributed by atoms with E-state index in [2.05, 4.69) is 60.6 Å². The van der Waals surface area contributed by atoms with Gasteiger partial charge in [0.1, 0.15) is 10.5 Å². The van der Waals surface area contributed by atoms with Gasteiger partial charge in [-0.3, -0.25) is 34.2 Å². The van der Waals surface area contributed by atoms with Crippen LogP contribution in [0.2, 0.25) is 0 Å². The fourth-order valence-corrected chi connectivity index (χ4v) is 8.14. The molecule has 3 saturated heterocycles. The van der Waals surface area contributed by atoms with Gasteiger partial charge in [-0.1, -0.05) is 24.3 Å². The van der Waals surface area contributed by atoms with Crippen LogP contribution in [0.1, 0.15) is 62.6 Å². The third kappa shape index (κ3) is 6.96. The number of likely N-dealkylation sites (N-methyl/N-ethyl adjacent to an activating group) is 1. The highest BCUT2D eigenvalue weighted by molar-refractivity contribution is 9.10. The highest BCUT2D eigenvalue weighted by Gasteiger charge is 2.39. The summed E-state index contributed by atoms with van der Waals surface area (Å²) in [5.41, 5.74) is 4.96. The van der Waals surface area contributed by atoms with Crippen molar-refractivity contribution in [1.29, 1.82) is 0 Å². The van der Waals surface area contributed by atoms with Crippen LogP contribution < -0.4 is 16.2 Å².